The number of nitrogens with two attached hydrogens (primary N) is 1. The van der Waals surface area contributed by atoms with Gasteiger partial charge in [0.2, 0.25) is 0 Å². The predicted molar refractivity (Wildman–Crippen MR) is 50.1 cm³/mol. The monoisotopic (exact) mass is 175 g/mol. The summed E-state index contributed by atoms with van der Waals surface area (Å²) in [6, 6.07) is 0. The first-order valence-corrected chi connectivity index (χ1v) is 4.32. The minimum atomic E-state index is 0.0714. The standard InChI is InChI=1S/C9H21NO2/c1-8(5-11-4)12-7-9(2,3)6-10/h8H,5-7,10H2,1-4H3. The van der Waals surface area contributed by atoms with Gasteiger partial charge in [-0.25, -0.2) is 0 Å². The third kappa shape index (κ3) is 5.52. The van der Waals surface area contributed by atoms with Crippen LogP contribution in [-0.4, -0.2) is 33.0 Å². The molecule has 2 N–H and O–H groups in total. The molecular formula is C9H21NO2. The molecule has 0 heterocycles. The van der Waals surface area contributed by atoms with Crippen LogP contribution in [0.2, 0.25) is 0 Å². The van der Waals surface area contributed by atoms with Gasteiger partial charge in [0.1, 0.15) is 0 Å². The molecule has 74 valence electrons. The molecule has 0 amide bonds. The van der Waals surface area contributed by atoms with Crippen molar-refractivity contribution in [1.29, 1.82) is 0 Å². The largest absolute Gasteiger partial charge is 0.382 e. The van der Waals surface area contributed by atoms with Crippen molar-refractivity contribution in [2.24, 2.45) is 11.1 Å². The Morgan fingerprint density at radius 1 is 1.42 bits per heavy atom. The number of hydrogen-bond donors (Lipinski definition) is 1. The summed E-state index contributed by atoms with van der Waals surface area (Å²) in [6.45, 7) is 8.15. The Morgan fingerprint density at radius 2 is 2.00 bits per heavy atom. The van der Waals surface area contributed by atoms with Crippen molar-refractivity contribution in [1.82, 2.24) is 0 Å². The van der Waals surface area contributed by atoms with Crippen LogP contribution in [0.3, 0.4) is 0 Å². The molecule has 0 radical (unpaired) electrons. The fraction of sp³-hybridized carbons (Fsp3) is 1.00. The van der Waals surface area contributed by atoms with E-state index in [2.05, 4.69) is 13.8 Å². The highest BCUT2D eigenvalue weighted by Gasteiger charge is 2.16. The molecule has 0 saturated carbocycles. The first-order valence-electron chi connectivity index (χ1n) is 4.32. The van der Waals surface area contributed by atoms with Crippen LogP contribution < -0.4 is 5.73 Å². The molecule has 0 rings (SSSR count). The minimum Gasteiger partial charge on any atom is -0.382 e. The Kier molecular flexibility index (Phi) is 5.46. The molecule has 0 aliphatic heterocycles. The van der Waals surface area contributed by atoms with E-state index in [1.807, 2.05) is 6.92 Å². The van der Waals surface area contributed by atoms with Crippen LogP contribution in [0.1, 0.15) is 20.8 Å². The molecule has 0 bridgehead atoms. The maximum Gasteiger partial charge on any atom is 0.0780 e. The van der Waals surface area contributed by atoms with E-state index in [-0.39, 0.29) is 11.5 Å². The zero-order chi connectivity index (χ0) is 9.61. The van der Waals surface area contributed by atoms with Gasteiger partial charge in [-0.3, -0.25) is 0 Å². The van der Waals surface area contributed by atoms with Crippen molar-refractivity contribution in [3.8, 4) is 0 Å². The van der Waals surface area contributed by atoms with E-state index < -0.39 is 0 Å². The Labute approximate surface area is 75.2 Å². The van der Waals surface area contributed by atoms with Crippen molar-refractivity contribution < 1.29 is 9.47 Å². The second kappa shape index (κ2) is 5.51. The molecule has 0 aromatic carbocycles. The number of rotatable bonds is 6. The van der Waals surface area contributed by atoms with E-state index in [0.29, 0.717) is 19.8 Å². The molecule has 0 aromatic heterocycles. The van der Waals surface area contributed by atoms with E-state index in [4.69, 9.17) is 15.2 Å². The molecule has 12 heavy (non-hydrogen) atoms. The summed E-state index contributed by atoms with van der Waals surface area (Å²) in [5.74, 6) is 0. The third-order valence-corrected chi connectivity index (χ3v) is 1.71. The van der Waals surface area contributed by atoms with Crippen LogP contribution in [0.5, 0.6) is 0 Å². The molecule has 1 atom stereocenters. The van der Waals surface area contributed by atoms with E-state index in [0.717, 1.165) is 0 Å². The van der Waals surface area contributed by atoms with Gasteiger partial charge in [-0.05, 0) is 13.5 Å². The molecular weight excluding hydrogens is 154 g/mol. The van der Waals surface area contributed by atoms with Gasteiger partial charge in [0.15, 0.2) is 0 Å². The maximum absolute atomic E-state index is 5.56. The van der Waals surface area contributed by atoms with Gasteiger partial charge in [0.25, 0.3) is 0 Å². The van der Waals surface area contributed by atoms with Crippen LogP contribution in [0.15, 0.2) is 0 Å². The topological polar surface area (TPSA) is 44.5 Å². The zero-order valence-corrected chi connectivity index (χ0v) is 8.59. The van der Waals surface area contributed by atoms with Gasteiger partial charge >= 0.3 is 0 Å². The molecule has 0 aliphatic carbocycles. The Morgan fingerprint density at radius 3 is 2.42 bits per heavy atom. The first-order chi connectivity index (χ1) is 5.52. The van der Waals surface area contributed by atoms with Gasteiger partial charge in [-0.2, -0.15) is 0 Å². The zero-order valence-electron chi connectivity index (χ0n) is 8.59. The van der Waals surface area contributed by atoms with E-state index in [1.54, 1.807) is 7.11 Å². The second-order valence-electron chi connectivity index (χ2n) is 3.95. The van der Waals surface area contributed by atoms with E-state index in [1.165, 1.54) is 0 Å². The highest BCUT2D eigenvalue weighted by molar-refractivity contribution is 4.68. The summed E-state index contributed by atoms with van der Waals surface area (Å²) in [5, 5.41) is 0. The van der Waals surface area contributed by atoms with Gasteiger partial charge in [-0.15, -0.1) is 0 Å². The summed E-state index contributed by atoms with van der Waals surface area (Å²) in [4.78, 5) is 0. The average Bonchev–Trinajstić information content (AvgIpc) is 2.02. The van der Waals surface area contributed by atoms with Crippen molar-refractivity contribution in [2.75, 3.05) is 26.9 Å². The van der Waals surface area contributed by atoms with Gasteiger partial charge < -0.3 is 15.2 Å². The lowest BCUT2D eigenvalue weighted by Crippen LogP contribution is -2.31. The lowest BCUT2D eigenvalue weighted by atomic mass is 9.95. The average molecular weight is 175 g/mol. The van der Waals surface area contributed by atoms with Gasteiger partial charge in [0.05, 0.1) is 19.3 Å². The Bertz CT molecular complexity index is 115. The minimum absolute atomic E-state index is 0.0714. The normalized spacial score (nSPS) is 14.8. The molecule has 0 fully saturated rings. The van der Waals surface area contributed by atoms with Crippen molar-refractivity contribution in [3.63, 3.8) is 0 Å². The van der Waals surface area contributed by atoms with Crippen molar-refractivity contribution in [2.45, 2.75) is 26.9 Å². The fourth-order valence-corrected chi connectivity index (χ4v) is 0.710. The molecule has 0 spiro atoms. The summed E-state index contributed by atoms with van der Waals surface area (Å²) in [7, 11) is 1.67. The maximum atomic E-state index is 5.56. The van der Waals surface area contributed by atoms with Crippen LogP contribution >= 0.6 is 0 Å². The Balaban J connectivity index is 3.52. The third-order valence-electron chi connectivity index (χ3n) is 1.71. The molecule has 3 heteroatoms. The molecule has 0 saturated heterocycles. The van der Waals surface area contributed by atoms with Crippen molar-refractivity contribution in [3.05, 3.63) is 0 Å². The molecule has 0 aromatic rings. The smallest absolute Gasteiger partial charge is 0.0780 e. The molecule has 0 aliphatic rings. The summed E-state index contributed by atoms with van der Waals surface area (Å²) in [6.07, 6.45) is 0.154. The van der Waals surface area contributed by atoms with Crippen LogP contribution in [0.25, 0.3) is 0 Å². The van der Waals surface area contributed by atoms with E-state index >= 15 is 0 Å². The number of hydrogen-bond acceptors (Lipinski definition) is 3. The van der Waals surface area contributed by atoms with Gasteiger partial charge in [-0.1, -0.05) is 13.8 Å². The lowest BCUT2D eigenvalue weighted by Gasteiger charge is -2.24. The quantitative estimate of drug-likeness (QED) is 0.655. The summed E-state index contributed by atoms with van der Waals surface area (Å²) in [5.41, 5.74) is 5.63. The van der Waals surface area contributed by atoms with Crippen molar-refractivity contribution >= 4 is 0 Å². The molecule has 1 unspecified atom stereocenters. The van der Waals surface area contributed by atoms with Gasteiger partial charge in [0, 0.05) is 12.5 Å². The SMILES string of the molecule is COCC(C)OCC(C)(C)CN. The van der Waals surface area contributed by atoms with Crippen LogP contribution in [0, 0.1) is 5.41 Å². The predicted octanol–water partition coefficient (Wildman–Crippen LogP) is 1.02. The Hall–Kier alpha value is -0.120. The molecule has 3 nitrogen and oxygen atoms in total. The lowest BCUT2D eigenvalue weighted by molar-refractivity contribution is -0.0228. The highest BCUT2D eigenvalue weighted by atomic mass is 16.5. The van der Waals surface area contributed by atoms with Crippen LogP contribution in [-0.2, 0) is 9.47 Å². The number of methoxy groups -OCH3 is 1. The highest BCUT2D eigenvalue weighted by Crippen LogP contribution is 2.13. The summed E-state index contributed by atoms with van der Waals surface area (Å²) < 4.78 is 10.5. The van der Waals surface area contributed by atoms with E-state index in [9.17, 15) is 0 Å². The first kappa shape index (κ1) is 11.9. The summed E-state index contributed by atoms with van der Waals surface area (Å²) >= 11 is 0. The number of ether oxygens (including phenoxy) is 2. The van der Waals surface area contributed by atoms with Crippen LogP contribution in [0.4, 0.5) is 0 Å². The second-order valence-corrected chi connectivity index (χ2v) is 3.95. The fourth-order valence-electron chi connectivity index (χ4n) is 0.710.